The zero-order chi connectivity index (χ0) is 20.3. The van der Waals surface area contributed by atoms with Crippen LogP contribution < -0.4 is 10.6 Å². The molecule has 0 spiro atoms. The summed E-state index contributed by atoms with van der Waals surface area (Å²) in [4.78, 5) is 47.0. The lowest BCUT2D eigenvalue weighted by Crippen LogP contribution is -2.25. The molecule has 0 unspecified atom stereocenters. The number of carbonyl (C=O) groups is 4. The number of aliphatic carboxylic acids is 1. The molecule has 146 valence electrons. The Bertz CT molecular complexity index is 942. The summed E-state index contributed by atoms with van der Waals surface area (Å²) in [7, 11) is 0. The largest absolute Gasteiger partial charge is 0.481 e. The molecule has 8 nitrogen and oxygen atoms in total. The molecule has 0 saturated heterocycles. The van der Waals surface area contributed by atoms with E-state index in [1.54, 1.807) is 19.1 Å². The minimum Gasteiger partial charge on any atom is -0.481 e. The van der Waals surface area contributed by atoms with Crippen LogP contribution in [0.15, 0.2) is 28.7 Å². The number of Topliss-reactive ketones (excluding diaryl/α,β-unsaturated/α-hetero) is 1. The molecule has 0 fully saturated rings. The van der Waals surface area contributed by atoms with Crippen molar-refractivity contribution in [1.82, 2.24) is 5.32 Å². The number of carboxylic acids is 1. The van der Waals surface area contributed by atoms with E-state index in [2.05, 4.69) is 10.6 Å². The minimum atomic E-state index is -0.991. The van der Waals surface area contributed by atoms with Gasteiger partial charge in [-0.2, -0.15) is 0 Å². The average molecular weight is 384 g/mol. The number of carboxylic acid groups (broad SMARTS) is 1. The number of anilines is 1. The summed E-state index contributed by atoms with van der Waals surface area (Å²) in [6, 6.07) is 6.17. The molecule has 1 aromatic heterocycles. The van der Waals surface area contributed by atoms with Crippen LogP contribution in [0.5, 0.6) is 0 Å². The summed E-state index contributed by atoms with van der Waals surface area (Å²) in [5.41, 5.74) is 1.88. The molecule has 0 saturated carbocycles. The van der Waals surface area contributed by atoms with Gasteiger partial charge in [-0.25, -0.2) is 0 Å². The lowest BCUT2D eigenvalue weighted by Gasteiger charge is -2.07. The quantitative estimate of drug-likeness (QED) is 0.703. The van der Waals surface area contributed by atoms with Gasteiger partial charge in [-0.15, -0.1) is 0 Å². The fourth-order valence-electron chi connectivity index (χ4n) is 3.14. The highest BCUT2D eigenvalue weighted by Gasteiger charge is 2.28. The van der Waals surface area contributed by atoms with Crippen LogP contribution in [0.4, 0.5) is 5.69 Å². The van der Waals surface area contributed by atoms with Gasteiger partial charge in [-0.1, -0.05) is 0 Å². The first-order chi connectivity index (χ1) is 13.4. The molecular formula is C20H20N2O6. The van der Waals surface area contributed by atoms with Gasteiger partial charge in [0.2, 0.25) is 0 Å². The van der Waals surface area contributed by atoms with E-state index in [1.165, 1.54) is 12.1 Å². The second kappa shape index (κ2) is 8.08. The third-order valence-electron chi connectivity index (χ3n) is 4.54. The van der Waals surface area contributed by atoms with Crippen LogP contribution in [0.25, 0.3) is 0 Å². The molecule has 0 atom stereocenters. The van der Waals surface area contributed by atoms with Gasteiger partial charge in [-0.3, -0.25) is 19.2 Å². The summed E-state index contributed by atoms with van der Waals surface area (Å²) in [5.74, 6) is -1.16. The second-order valence-corrected chi connectivity index (χ2v) is 6.56. The van der Waals surface area contributed by atoms with E-state index in [9.17, 15) is 19.2 Å². The van der Waals surface area contributed by atoms with Crippen molar-refractivity contribution < 1.29 is 28.7 Å². The lowest BCUT2D eigenvalue weighted by atomic mass is 9.94. The van der Waals surface area contributed by atoms with E-state index in [0.717, 1.165) is 6.42 Å². The predicted octanol–water partition coefficient (Wildman–Crippen LogP) is 2.56. The number of rotatable bonds is 6. The maximum absolute atomic E-state index is 12.5. The summed E-state index contributed by atoms with van der Waals surface area (Å²) in [6.07, 6.45) is 1.66. The normalized spacial score (nSPS) is 13.0. The third-order valence-corrected chi connectivity index (χ3v) is 4.54. The van der Waals surface area contributed by atoms with Gasteiger partial charge >= 0.3 is 5.97 Å². The van der Waals surface area contributed by atoms with E-state index >= 15 is 0 Å². The van der Waals surface area contributed by atoms with Crippen molar-refractivity contribution in [1.29, 1.82) is 0 Å². The van der Waals surface area contributed by atoms with Crippen LogP contribution in [0.3, 0.4) is 0 Å². The number of hydrogen-bond donors (Lipinski definition) is 3. The first-order valence-electron chi connectivity index (χ1n) is 8.93. The summed E-state index contributed by atoms with van der Waals surface area (Å²) in [6.45, 7) is 1.73. The van der Waals surface area contributed by atoms with Crippen molar-refractivity contribution >= 4 is 29.3 Å². The molecule has 0 bridgehead atoms. The molecule has 1 heterocycles. The highest BCUT2D eigenvalue weighted by Crippen LogP contribution is 2.29. The van der Waals surface area contributed by atoms with E-state index < -0.39 is 17.8 Å². The smallest absolute Gasteiger partial charge is 0.305 e. The van der Waals surface area contributed by atoms with Crippen molar-refractivity contribution in [2.75, 3.05) is 11.9 Å². The van der Waals surface area contributed by atoms with Crippen molar-refractivity contribution in [3.63, 3.8) is 0 Å². The van der Waals surface area contributed by atoms with Gasteiger partial charge < -0.3 is 20.2 Å². The molecule has 3 rings (SSSR count). The van der Waals surface area contributed by atoms with Gasteiger partial charge in [0.05, 0.1) is 12.0 Å². The lowest BCUT2D eigenvalue weighted by molar-refractivity contribution is -0.136. The number of fused-ring (bicyclic) bond motifs is 1. The third kappa shape index (κ3) is 4.11. The summed E-state index contributed by atoms with van der Waals surface area (Å²) in [5, 5.41) is 13.8. The topological polar surface area (TPSA) is 126 Å². The number of furan rings is 1. The zero-order valence-corrected chi connectivity index (χ0v) is 15.3. The fourth-order valence-corrected chi connectivity index (χ4v) is 3.14. The van der Waals surface area contributed by atoms with Crippen LogP contribution in [-0.2, 0) is 11.2 Å². The molecule has 0 radical (unpaired) electrons. The Morgan fingerprint density at radius 2 is 1.82 bits per heavy atom. The molecule has 1 aliphatic carbocycles. The number of nitrogens with one attached hydrogen (secondary N) is 2. The predicted molar refractivity (Wildman–Crippen MR) is 99.7 cm³/mol. The second-order valence-electron chi connectivity index (χ2n) is 6.56. The Labute approximate surface area is 160 Å². The van der Waals surface area contributed by atoms with E-state index in [0.29, 0.717) is 41.0 Å². The van der Waals surface area contributed by atoms with Crippen molar-refractivity contribution in [3.05, 3.63) is 52.5 Å². The van der Waals surface area contributed by atoms with Crippen LogP contribution in [0, 0.1) is 6.92 Å². The molecule has 2 aromatic rings. The van der Waals surface area contributed by atoms with Gasteiger partial charge in [0.1, 0.15) is 5.76 Å². The molecule has 1 aliphatic rings. The summed E-state index contributed by atoms with van der Waals surface area (Å²) < 4.78 is 5.62. The first kappa shape index (κ1) is 19.3. The van der Waals surface area contributed by atoms with Crippen molar-refractivity contribution in [2.24, 2.45) is 0 Å². The molecule has 28 heavy (non-hydrogen) atoms. The Hall–Kier alpha value is -3.42. The van der Waals surface area contributed by atoms with Crippen molar-refractivity contribution in [3.8, 4) is 0 Å². The molecule has 8 heteroatoms. The summed E-state index contributed by atoms with van der Waals surface area (Å²) >= 11 is 0. The SMILES string of the molecule is Cc1c(C(=O)Nc2ccc(C(=O)NCCC(=O)O)cc2)oc2c1C(=O)CCC2. The van der Waals surface area contributed by atoms with Crippen LogP contribution in [0.1, 0.15) is 61.9 Å². The Morgan fingerprint density at radius 3 is 2.46 bits per heavy atom. The number of carbonyl (C=O) groups excluding carboxylic acids is 3. The van der Waals surface area contributed by atoms with Crippen LogP contribution in [0.2, 0.25) is 0 Å². The molecule has 1 aromatic carbocycles. The zero-order valence-electron chi connectivity index (χ0n) is 15.3. The molecule has 0 aliphatic heterocycles. The Morgan fingerprint density at radius 1 is 1.11 bits per heavy atom. The van der Waals surface area contributed by atoms with Gasteiger partial charge in [-0.05, 0) is 37.6 Å². The number of ketones is 1. The van der Waals surface area contributed by atoms with E-state index in [-0.39, 0.29) is 24.5 Å². The fraction of sp³-hybridized carbons (Fsp3) is 0.300. The maximum atomic E-state index is 12.5. The Kier molecular flexibility index (Phi) is 5.58. The molecule has 2 amide bonds. The van der Waals surface area contributed by atoms with Gasteiger partial charge in [0, 0.05) is 36.2 Å². The van der Waals surface area contributed by atoms with E-state index in [4.69, 9.17) is 9.52 Å². The number of hydrogen-bond acceptors (Lipinski definition) is 5. The average Bonchev–Trinajstić information content (AvgIpc) is 3.00. The number of amides is 2. The van der Waals surface area contributed by atoms with Crippen LogP contribution >= 0.6 is 0 Å². The molecule has 3 N–H and O–H groups in total. The number of aryl methyl sites for hydroxylation is 1. The standard InChI is InChI=1S/C20H20N2O6/c1-11-17-14(23)3-2-4-15(17)28-18(11)20(27)22-13-7-5-12(6-8-13)19(26)21-10-9-16(24)25/h5-8H,2-4,9-10H2,1H3,(H,21,26)(H,22,27)(H,24,25). The maximum Gasteiger partial charge on any atom is 0.305 e. The first-order valence-corrected chi connectivity index (χ1v) is 8.93. The highest BCUT2D eigenvalue weighted by atomic mass is 16.4. The van der Waals surface area contributed by atoms with Gasteiger partial charge in [0.25, 0.3) is 11.8 Å². The molecular weight excluding hydrogens is 364 g/mol. The van der Waals surface area contributed by atoms with Crippen LogP contribution in [-0.4, -0.2) is 35.2 Å². The minimum absolute atomic E-state index is 0.000173. The van der Waals surface area contributed by atoms with Crippen molar-refractivity contribution in [2.45, 2.75) is 32.6 Å². The Balaban J connectivity index is 1.66. The highest BCUT2D eigenvalue weighted by molar-refractivity contribution is 6.07. The van der Waals surface area contributed by atoms with Gasteiger partial charge in [0.15, 0.2) is 11.5 Å². The number of benzene rings is 1. The monoisotopic (exact) mass is 384 g/mol. The van der Waals surface area contributed by atoms with E-state index in [1.807, 2.05) is 0 Å².